The number of hydrogen-bond acceptors (Lipinski definition) is 8. The van der Waals surface area contributed by atoms with E-state index < -0.39 is 47.9 Å². The number of aliphatic carboxylic acids is 1. The van der Waals surface area contributed by atoms with Gasteiger partial charge < -0.3 is 31.8 Å². The van der Waals surface area contributed by atoms with Crippen LogP contribution in [0.3, 0.4) is 0 Å². The zero-order valence-corrected chi connectivity index (χ0v) is 19.2. The number of H-pyrrole nitrogens is 1. The summed E-state index contributed by atoms with van der Waals surface area (Å²) in [6.45, 7) is 3.72. The summed E-state index contributed by atoms with van der Waals surface area (Å²) >= 11 is 8.15. The van der Waals surface area contributed by atoms with E-state index in [4.69, 9.17) is 5.73 Å². The lowest BCUT2D eigenvalue weighted by molar-refractivity contribution is -0.142. The number of nitrogens with one attached hydrogen (secondary N) is 4. The van der Waals surface area contributed by atoms with Gasteiger partial charge in [0.1, 0.15) is 18.1 Å². The molecule has 0 saturated carbocycles. The highest BCUT2D eigenvalue weighted by atomic mass is 32.1. The Bertz CT molecular complexity index is 748. The maximum Gasteiger partial charge on any atom is 0.326 e. The van der Waals surface area contributed by atoms with Gasteiger partial charge >= 0.3 is 5.97 Å². The first-order chi connectivity index (χ1) is 14.6. The number of nitrogens with two attached hydrogens (primary N) is 1. The molecule has 1 aromatic heterocycles. The smallest absolute Gasteiger partial charge is 0.326 e. The summed E-state index contributed by atoms with van der Waals surface area (Å²) in [5, 5.41) is 16.7. The van der Waals surface area contributed by atoms with E-state index in [1.165, 1.54) is 12.5 Å². The lowest BCUT2D eigenvalue weighted by Gasteiger charge is -2.24. The molecule has 0 spiro atoms. The molecule has 0 fully saturated rings. The quantitative estimate of drug-likeness (QED) is 0.164. The summed E-state index contributed by atoms with van der Waals surface area (Å²) in [7, 11) is 0. The minimum atomic E-state index is -1.24. The lowest BCUT2D eigenvalue weighted by atomic mass is 9.99. The van der Waals surface area contributed by atoms with Crippen LogP contribution in [0.25, 0.3) is 0 Å². The molecule has 5 atom stereocenters. The average molecular weight is 475 g/mol. The molecule has 13 heteroatoms. The molecule has 1 heterocycles. The Morgan fingerprint density at radius 3 is 2.00 bits per heavy atom. The summed E-state index contributed by atoms with van der Waals surface area (Å²) in [6, 6.07) is -4.17. The van der Waals surface area contributed by atoms with Gasteiger partial charge in [-0.15, -0.1) is 0 Å². The number of thiol groups is 2. The van der Waals surface area contributed by atoms with Gasteiger partial charge in [0.2, 0.25) is 17.7 Å². The van der Waals surface area contributed by atoms with E-state index in [1.807, 2.05) is 13.8 Å². The van der Waals surface area contributed by atoms with Crippen molar-refractivity contribution in [1.29, 1.82) is 0 Å². The summed E-state index contributed by atoms with van der Waals surface area (Å²) in [4.78, 5) is 55.4. The van der Waals surface area contributed by atoms with Crippen molar-refractivity contribution >= 4 is 48.9 Å². The minimum Gasteiger partial charge on any atom is -0.480 e. The maximum absolute atomic E-state index is 12.6. The van der Waals surface area contributed by atoms with Crippen LogP contribution in [0.5, 0.6) is 0 Å². The maximum atomic E-state index is 12.6. The van der Waals surface area contributed by atoms with Gasteiger partial charge in [-0.05, 0) is 5.92 Å². The monoisotopic (exact) mass is 474 g/mol. The lowest BCUT2D eigenvalue weighted by Crippen LogP contribution is -2.58. The number of rotatable bonds is 13. The third-order valence-corrected chi connectivity index (χ3v) is 5.51. The second-order valence-corrected chi connectivity index (χ2v) is 7.81. The third kappa shape index (κ3) is 8.42. The Morgan fingerprint density at radius 2 is 1.58 bits per heavy atom. The van der Waals surface area contributed by atoms with E-state index in [0.717, 1.165) is 0 Å². The van der Waals surface area contributed by atoms with Gasteiger partial charge in [-0.1, -0.05) is 20.3 Å². The number of carboxylic acid groups (broad SMARTS) is 1. The average Bonchev–Trinajstić information content (AvgIpc) is 3.26. The first kappa shape index (κ1) is 26.8. The van der Waals surface area contributed by atoms with Crippen molar-refractivity contribution in [3.05, 3.63) is 18.2 Å². The van der Waals surface area contributed by atoms with Crippen LogP contribution in [0.2, 0.25) is 0 Å². The van der Waals surface area contributed by atoms with Crippen LogP contribution in [0.15, 0.2) is 12.5 Å². The summed E-state index contributed by atoms with van der Waals surface area (Å²) in [5.74, 6) is -3.32. The Morgan fingerprint density at radius 1 is 1.06 bits per heavy atom. The Balaban J connectivity index is 2.74. The van der Waals surface area contributed by atoms with Crippen LogP contribution >= 0.6 is 25.3 Å². The minimum absolute atomic E-state index is 0.0167. The van der Waals surface area contributed by atoms with Crippen LogP contribution in [0.4, 0.5) is 0 Å². The largest absolute Gasteiger partial charge is 0.480 e. The van der Waals surface area contributed by atoms with Crippen molar-refractivity contribution in [2.24, 2.45) is 11.7 Å². The first-order valence-electron chi connectivity index (χ1n) is 9.72. The number of carbonyl (C=O) groups is 4. The number of nitrogens with zero attached hydrogens (tertiary/aromatic N) is 1. The molecule has 7 N–H and O–H groups in total. The Labute approximate surface area is 191 Å². The fourth-order valence-electron chi connectivity index (χ4n) is 2.53. The highest BCUT2D eigenvalue weighted by molar-refractivity contribution is 7.80. The molecule has 0 aliphatic carbocycles. The molecule has 1 rings (SSSR count). The van der Waals surface area contributed by atoms with Gasteiger partial charge in [0.25, 0.3) is 0 Å². The summed E-state index contributed by atoms with van der Waals surface area (Å²) < 4.78 is 0. The Hall–Kier alpha value is -2.25. The molecule has 1 aromatic rings. The number of aromatic nitrogens is 2. The molecule has 0 bridgehead atoms. The molecule has 5 unspecified atom stereocenters. The SMILES string of the molecule is CCC(C)C(N)C(=O)NC(CS)C(=O)NC(CS)C(=O)NC(Cc1cnc[nH]1)C(=O)O. The van der Waals surface area contributed by atoms with Crippen molar-refractivity contribution in [3.8, 4) is 0 Å². The van der Waals surface area contributed by atoms with E-state index in [9.17, 15) is 24.3 Å². The van der Waals surface area contributed by atoms with E-state index in [0.29, 0.717) is 12.1 Å². The van der Waals surface area contributed by atoms with Gasteiger partial charge in [-0.25, -0.2) is 9.78 Å². The van der Waals surface area contributed by atoms with Gasteiger partial charge in [-0.2, -0.15) is 25.3 Å². The fraction of sp³-hybridized carbons (Fsp3) is 0.611. The number of aromatic amines is 1. The van der Waals surface area contributed by atoms with E-state index in [1.54, 1.807) is 0 Å². The van der Waals surface area contributed by atoms with Crippen molar-refractivity contribution in [2.75, 3.05) is 11.5 Å². The second-order valence-electron chi connectivity index (χ2n) is 7.08. The molecule has 0 aliphatic heterocycles. The van der Waals surface area contributed by atoms with Gasteiger partial charge in [0, 0.05) is 29.8 Å². The van der Waals surface area contributed by atoms with Crippen LogP contribution in [0.1, 0.15) is 26.0 Å². The second kappa shape index (κ2) is 13.2. The zero-order valence-electron chi connectivity index (χ0n) is 17.4. The normalized spacial score (nSPS) is 15.8. The molecule has 174 valence electrons. The van der Waals surface area contributed by atoms with Crippen LogP contribution in [-0.2, 0) is 25.6 Å². The van der Waals surface area contributed by atoms with Crippen molar-refractivity contribution in [3.63, 3.8) is 0 Å². The van der Waals surface area contributed by atoms with E-state index in [-0.39, 0.29) is 23.8 Å². The molecular weight excluding hydrogens is 444 g/mol. The molecule has 11 nitrogen and oxygen atoms in total. The molecule has 0 aliphatic rings. The van der Waals surface area contributed by atoms with Gasteiger partial charge in [0.05, 0.1) is 12.4 Å². The summed E-state index contributed by atoms with van der Waals surface area (Å²) in [5.41, 5.74) is 6.40. The van der Waals surface area contributed by atoms with E-state index >= 15 is 0 Å². The fourth-order valence-corrected chi connectivity index (χ4v) is 3.04. The molecule has 31 heavy (non-hydrogen) atoms. The van der Waals surface area contributed by atoms with E-state index in [2.05, 4.69) is 51.2 Å². The van der Waals surface area contributed by atoms with Crippen molar-refractivity contribution in [1.82, 2.24) is 25.9 Å². The predicted molar refractivity (Wildman–Crippen MR) is 121 cm³/mol. The van der Waals surface area contributed by atoms with Crippen LogP contribution in [0, 0.1) is 5.92 Å². The number of carboxylic acids is 1. The topological polar surface area (TPSA) is 179 Å². The molecule has 0 saturated heterocycles. The van der Waals surface area contributed by atoms with Crippen molar-refractivity contribution in [2.45, 2.75) is 50.9 Å². The highest BCUT2D eigenvalue weighted by Crippen LogP contribution is 2.06. The number of carbonyl (C=O) groups excluding carboxylic acids is 3. The predicted octanol–water partition coefficient (Wildman–Crippen LogP) is -1.28. The molecular formula is C18H30N6O5S2. The van der Waals surface area contributed by atoms with Crippen LogP contribution in [-0.4, -0.2) is 74.4 Å². The summed E-state index contributed by atoms with van der Waals surface area (Å²) in [6.07, 6.45) is 3.52. The third-order valence-electron chi connectivity index (χ3n) is 4.78. The van der Waals surface area contributed by atoms with Crippen molar-refractivity contribution < 1.29 is 24.3 Å². The molecule has 0 aromatic carbocycles. The highest BCUT2D eigenvalue weighted by Gasteiger charge is 2.30. The number of hydrogen-bond donors (Lipinski definition) is 8. The number of amides is 3. The first-order valence-corrected chi connectivity index (χ1v) is 11.0. The Kier molecular flexibility index (Phi) is 11.4. The number of imidazole rings is 1. The van der Waals surface area contributed by atoms with Crippen LogP contribution < -0.4 is 21.7 Å². The standard InChI is InChI=1S/C18H30N6O5S2/c1-3-9(2)14(19)17(27)24-13(7-31)16(26)23-12(6-30)15(25)22-11(18(28)29)4-10-5-20-8-21-10/h5,8-9,11-14,30-31H,3-4,6-7,19H2,1-2H3,(H,20,21)(H,22,25)(H,23,26)(H,24,27)(H,28,29). The molecule has 3 amide bonds. The zero-order chi connectivity index (χ0) is 23.6. The van der Waals surface area contributed by atoms with Gasteiger partial charge in [0.15, 0.2) is 0 Å². The molecule has 0 radical (unpaired) electrons. The van der Waals surface area contributed by atoms with Gasteiger partial charge in [-0.3, -0.25) is 14.4 Å².